The maximum atomic E-state index is 8.35. The fourth-order valence-electron chi connectivity index (χ4n) is 0.308. The van der Waals surface area contributed by atoms with Gasteiger partial charge in [-0.25, -0.2) is 0 Å². The quantitative estimate of drug-likeness (QED) is 0.350. The predicted octanol–water partition coefficient (Wildman–Crippen LogP) is -0.0476. The van der Waals surface area contributed by atoms with Crippen LogP contribution in [-0.2, 0) is 0 Å². The van der Waals surface area contributed by atoms with Gasteiger partial charge in [0.2, 0.25) is 0 Å². The third-order valence-electron chi connectivity index (χ3n) is 1.01. The second-order valence-electron chi connectivity index (χ2n) is 1.64. The van der Waals surface area contributed by atoms with Crippen LogP contribution in [0.1, 0.15) is 6.92 Å². The van der Waals surface area contributed by atoms with Gasteiger partial charge in [-0.1, -0.05) is 0 Å². The summed E-state index contributed by atoms with van der Waals surface area (Å²) in [6.07, 6.45) is 0.779. The standard InChI is InChI=1S/C5H12N2O/c1-4(3-8)5(6)7-2/h3,5,7-8H,6H2,1-2H3/b4-3-. The highest BCUT2D eigenvalue weighted by atomic mass is 16.2. The molecule has 0 aliphatic carbocycles. The lowest BCUT2D eigenvalue weighted by molar-refractivity contribution is 0.457. The first kappa shape index (κ1) is 7.46. The van der Waals surface area contributed by atoms with Crippen molar-refractivity contribution in [3.05, 3.63) is 11.8 Å². The Morgan fingerprint density at radius 2 is 2.38 bits per heavy atom. The minimum Gasteiger partial charge on any atom is -0.516 e. The van der Waals surface area contributed by atoms with Gasteiger partial charge in [0, 0.05) is 0 Å². The number of likely N-dealkylation sites (N-methyl/N-ethyl adjacent to an activating group) is 1. The van der Waals surface area contributed by atoms with Gasteiger partial charge in [0.15, 0.2) is 0 Å². The molecule has 3 nitrogen and oxygen atoms in total. The van der Waals surface area contributed by atoms with Crippen molar-refractivity contribution in [2.24, 2.45) is 5.73 Å². The van der Waals surface area contributed by atoms with Gasteiger partial charge in [0.25, 0.3) is 0 Å². The molecule has 0 heterocycles. The molecule has 0 fully saturated rings. The molecule has 0 aliphatic rings. The van der Waals surface area contributed by atoms with Crippen molar-refractivity contribution in [2.75, 3.05) is 7.05 Å². The molecule has 0 radical (unpaired) electrons. The van der Waals surface area contributed by atoms with Gasteiger partial charge in [0.05, 0.1) is 12.4 Å². The summed E-state index contributed by atoms with van der Waals surface area (Å²) in [6, 6.07) is 0. The van der Waals surface area contributed by atoms with E-state index in [1.807, 2.05) is 0 Å². The number of nitrogens with one attached hydrogen (secondary N) is 1. The zero-order chi connectivity index (χ0) is 6.57. The first-order valence-corrected chi connectivity index (χ1v) is 2.46. The molecule has 0 amide bonds. The predicted molar refractivity (Wildman–Crippen MR) is 33.4 cm³/mol. The van der Waals surface area contributed by atoms with E-state index in [1.165, 1.54) is 0 Å². The van der Waals surface area contributed by atoms with Crippen molar-refractivity contribution in [3.8, 4) is 0 Å². The Morgan fingerprint density at radius 3 is 2.50 bits per heavy atom. The zero-order valence-electron chi connectivity index (χ0n) is 5.18. The first-order chi connectivity index (χ1) is 3.72. The number of aliphatic hydroxyl groups is 1. The number of hydrogen-bond donors (Lipinski definition) is 3. The van der Waals surface area contributed by atoms with Crippen LogP contribution in [0.25, 0.3) is 0 Å². The first-order valence-electron chi connectivity index (χ1n) is 2.46. The second-order valence-corrected chi connectivity index (χ2v) is 1.64. The van der Waals surface area contributed by atoms with Crippen molar-refractivity contribution in [1.82, 2.24) is 5.32 Å². The Labute approximate surface area is 49.2 Å². The molecule has 1 atom stereocenters. The summed E-state index contributed by atoms with van der Waals surface area (Å²) in [5.74, 6) is 0. The van der Waals surface area contributed by atoms with E-state index in [9.17, 15) is 0 Å². The SMILES string of the molecule is CNC(N)/C(C)=C\O. The third-order valence-corrected chi connectivity index (χ3v) is 1.01. The largest absolute Gasteiger partial charge is 0.516 e. The fraction of sp³-hybridized carbons (Fsp3) is 0.600. The van der Waals surface area contributed by atoms with E-state index in [-0.39, 0.29) is 6.17 Å². The van der Waals surface area contributed by atoms with Crippen LogP contribution in [-0.4, -0.2) is 18.3 Å². The Kier molecular flexibility index (Phi) is 3.23. The number of hydrogen-bond acceptors (Lipinski definition) is 3. The number of aliphatic hydroxyl groups excluding tert-OH is 1. The average Bonchev–Trinajstić information content (AvgIpc) is 1.84. The molecule has 3 heteroatoms. The third kappa shape index (κ3) is 1.95. The monoisotopic (exact) mass is 116 g/mol. The Morgan fingerprint density at radius 1 is 1.88 bits per heavy atom. The minimum atomic E-state index is -0.222. The molecule has 0 aromatic heterocycles. The molecule has 0 spiro atoms. The number of nitrogens with two attached hydrogens (primary N) is 1. The van der Waals surface area contributed by atoms with Crippen molar-refractivity contribution in [1.29, 1.82) is 0 Å². The second kappa shape index (κ2) is 3.46. The average molecular weight is 116 g/mol. The van der Waals surface area contributed by atoms with Crippen LogP contribution in [0, 0.1) is 0 Å². The van der Waals surface area contributed by atoms with Crippen LogP contribution in [0.2, 0.25) is 0 Å². The number of rotatable bonds is 2. The molecule has 0 saturated heterocycles. The van der Waals surface area contributed by atoms with E-state index in [0.717, 1.165) is 11.8 Å². The minimum absolute atomic E-state index is 0.222. The van der Waals surface area contributed by atoms with Gasteiger partial charge in [-0.3, -0.25) is 0 Å². The van der Waals surface area contributed by atoms with Gasteiger partial charge in [-0.15, -0.1) is 0 Å². The highest BCUT2D eigenvalue weighted by Gasteiger charge is 1.97. The molecule has 0 aromatic rings. The molecule has 0 bridgehead atoms. The highest BCUT2D eigenvalue weighted by Crippen LogP contribution is 1.90. The van der Waals surface area contributed by atoms with Crippen molar-refractivity contribution < 1.29 is 5.11 Å². The van der Waals surface area contributed by atoms with E-state index in [0.29, 0.717) is 0 Å². The molecule has 0 rings (SSSR count). The van der Waals surface area contributed by atoms with E-state index in [4.69, 9.17) is 10.8 Å². The molecule has 4 N–H and O–H groups in total. The van der Waals surface area contributed by atoms with Gasteiger partial charge in [0.1, 0.15) is 0 Å². The molecule has 1 unspecified atom stereocenters. The molecular weight excluding hydrogens is 104 g/mol. The van der Waals surface area contributed by atoms with E-state index < -0.39 is 0 Å². The maximum absolute atomic E-state index is 8.35. The van der Waals surface area contributed by atoms with E-state index in [2.05, 4.69) is 5.32 Å². The fourth-order valence-corrected chi connectivity index (χ4v) is 0.308. The molecule has 0 aliphatic heterocycles. The summed E-state index contributed by atoms with van der Waals surface area (Å²) in [5.41, 5.74) is 6.12. The smallest absolute Gasteiger partial charge is 0.0809 e. The molecule has 0 saturated carbocycles. The summed E-state index contributed by atoms with van der Waals surface area (Å²) in [6.45, 7) is 1.75. The lowest BCUT2D eigenvalue weighted by atomic mass is 10.3. The Balaban J connectivity index is 3.63. The van der Waals surface area contributed by atoms with Gasteiger partial charge < -0.3 is 16.2 Å². The lowest BCUT2D eigenvalue weighted by Gasteiger charge is -2.07. The van der Waals surface area contributed by atoms with E-state index in [1.54, 1.807) is 14.0 Å². The normalized spacial score (nSPS) is 16.1. The molecular formula is C5H12N2O. The molecule has 48 valence electrons. The Hall–Kier alpha value is -0.540. The molecule has 8 heavy (non-hydrogen) atoms. The van der Waals surface area contributed by atoms with Gasteiger partial charge in [-0.05, 0) is 19.5 Å². The summed E-state index contributed by atoms with van der Waals surface area (Å²) >= 11 is 0. The van der Waals surface area contributed by atoms with Gasteiger partial charge >= 0.3 is 0 Å². The summed E-state index contributed by atoms with van der Waals surface area (Å²) in [7, 11) is 1.73. The van der Waals surface area contributed by atoms with Crippen molar-refractivity contribution in [2.45, 2.75) is 13.1 Å². The van der Waals surface area contributed by atoms with Crippen LogP contribution in [0.5, 0.6) is 0 Å². The Bertz CT molecular complexity index is 90.4. The molecule has 0 aromatic carbocycles. The van der Waals surface area contributed by atoms with Crippen molar-refractivity contribution in [3.63, 3.8) is 0 Å². The summed E-state index contributed by atoms with van der Waals surface area (Å²) in [5, 5.41) is 11.1. The summed E-state index contributed by atoms with van der Waals surface area (Å²) < 4.78 is 0. The van der Waals surface area contributed by atoms with E-state index >= 15 is 0 Å². The highest BCUT2D eigenvalue weighted by molar-refractivity contribution is 5.00. The van der Waals surface area contributed by atoms with Crippen LogP contribution in [0.15, 0.2) is 11.8 Å². The van der Waals surface area contributed by atoms with Crippen LogP contribution < -0.4 is 11.1 Å². The maximum Gasteiger partial charge on any atom is 0.0809 e. The zero-order valence-corrected chi connectivity index (χ0v) is 5.18. The lowest BCUT2D eigenvalue weighted by Crippen LogP contribution is -2.35. The topological polar surface area (TPSA) is 58.3 Å². The van der Waals surface area contributed by atoms with Gasteiger partial charge in [-0.2, -0.15) is 0 Å². The van der Waals surface area contributed by atoms with Crippen LogP contribution >= 0.6 is 0 Å². The summed E-state index contributed by atoms with van der Waals surface area (Å²) in [4.78, 5) is 0. The van der Waals surface area contributed by atoms with Crippen LogP contribution in [0.4, 0.5) is 0 Å². The van der Waals surface area contributed by atoms with Crippen LogP contribution in [0.3, 0.4) is 0 Å². The van der Waals surface area contributed by atoms with Crippen molar-refractivity contribution >= 4 is 0 Å².